The van der Waals surface area contributed by atoms with Crippen LogP contribution in [-0.2, 0) is 38.7 Å². The summed E-state index contributed by atoms with van der Waals surface area (Å²) in [6.45, 7) is 3.71. The number of aliphatic hydroxyl groups is 3. The lowest BCUT2D eigenvalue weighted by Crippen LogP contribution is -2.60. The summed E-state index contributed by atoms with van der Waals surface area (Å²) in [5, 5.41) is 30.8. The molecule has 2 unspecified atom stereocenters. The quantitative estimate of drug-likeness (QED) is 0.0205. The van der Waals surface area contributed by atoms with E-state index in [9.17, 15) is 37.9 Å². The maximum absolute atomic E-state index is 12.8. The lowest BCUT2D eigenvalue weighted by atomic mass is 10.00. The lowest BCUT2D eigenvalue weighted by Gasteiger charge is -2.40. The van der Waals surface area contributed by atoms with Crippen molar-refractivity contribution in [3.63, 3.8) is 0 Å². The van der Waals surface area contributed by atoms with Crippen LogP contribution in [0.25, 0.3) is 0 Å². The molecule has 1 rings (SSSR count). The molecule has 1 aliphatic rings. The molecule has 0 bridgehead atoms. The first-order valence-corrected chi connectivity index (χ1v) is 23.5. The Balaban J connectivity index is 2.49. The smallest absolute Gasteiger partial charge is 0.306 e. The second-order valence-electron chi connectivity index (χ2n) is 15.4. The van der Waals surface area contributed by atoms with Gasteiger partial charge in [0, 0.05) is 12.8 Å². The third-order valence-corrected chi connectivity index (χ3v) is 10.8. The summed E-state index contributed by atoms with van der Waals surface area (Å²) in [4.78, 5) is 25.3. The highest BCUT2D eigenvalue weighted by molar-refractivity contribution is 7.85. The van der Waals surface area contributed by atoms with Crippen molar-refractivity contribution in [3.05, 3.63) is 24.3 Å². The van der Waals surface area contributed by atoms with Crippen LogP contribution in [0.1, 0.15) is 181 Å². The van der Waals surface area contributed by atoms with Crippen LogP contribution >= 0.6 is 0 Å². The summed E-state index contributed by atoms with van der Waals surface area (Å²) in [5.74, 6) is -2.04. The standard InChI is InChI=1S/C43H78O12S/c1-3-5-7-9-11-13-15-16-17-18-19-20-22-24-26-28-30-32-39(45)54-36(33-52-38(44)31-29-27-25-23-21-14-12-10-8-6-4-2)34-53-43-42(48)41(47)40(46)37(55-43)35-56(49,50)51/h19-20,24,26,36-37,40-43,46-48H,3-18,21-23,25,27-35H2,1-2H3,(H,49,50,51)/b20-19+,26-24+/t36-,37-,40-,41?,42?,43+/m1/s1. The van der Waals surface area contributed by atoms with Gasteiger partial charge in [0.15, 0.2) is 12.4 Å². The van der Waals surface area contributed by atoms with Gasteiger partial charge >= 0.3 is 11.9 Å². The molecule has 0 radical (unpaired) electrons. The molecule has 1 heterocycles. The molecule has 1 aliphatic heterocycles. The number of unbranched alkanes of at least 4 members (excludes halogenated alkanes) is 20. The molecule has 4 N–H and O–H groups in total. The summed E-state index contributed by atoms with van der Waals surface area (Å²) >= 11 is 0. The highest BCUT2D eigenvalue weighted by Gasteiger charge is 2.46. The van der Waals surface area contributed by atoms with Crippen molar-refractivity contribution < 1.29 is 56.8 Å². The van der Waals surface area contributed by atoms with Crippen LogP contribution in [0.15, 0.2) is 24.3 Å². The predicted octanol–water partition coefficient (Wildman–Crippen LogP) is 8.45. The summed E-state index contributed by atoms with van der Waals surface area (Å²) < 4.78 is 53.9. The summed E-state index contributed by atoms with van der Waals surface area (Å²) in [7, 11) is -4.60. The number of esters is 2. The predicted molar refractivity (Wildman–Crippen MR) is 220 cm³/mol. The first-order chi connectivity index (χ1) is 27.0. The van der Waals surface area contributed by atoms with E-state index in [1.807, 2.05) is 6.08 Å². The van der Waals surface area contributed by atoms with Crippen LogP contribution in [0.2, 0.25) is 0 Å². The molecule has 0 amide bonds. The van der Waals surface area contributed by atoms with Gasteiger partial charge < -0.3 is 34.3 Å². The molecule has 0 saturated carbocycles. The number of carbonyl (C=O) groups is 2. The maximum atomic E-state index is 12.8. The van der Waals surface area contributed by atoms with Gasteiger partial charge in [0.2, 0.25) is 0 Å². The average molecular weight is 819 g/mol. The van der Waals surface area contributed by atoms with E-state index in [0.717, 1.165) is 32.1 Å². The van der Waals surface area contributed by atoms with Crippen molar-refractivity contribution in [2.24, 2.45) is 0 Å². The molecule has 0 aromatic rings. The minimum atomic E-state index is -4.60. The van der Waals surface area contributed by atoms with Crippen molar-refractivity contribution >= 4 is 22.1 Å². The van der Waals surface area contributed by atoms with E-state index < -0.39 is 71.2 Å². The van der Waals surface area contributed by atoms with E-state index in [2.05, 4.69) is 32.1 Å². The highest BCUT2D eigenvalue weighted by Crippen LogP contribution is 2.24. The van der Waals surface area contributed by atoms with E-state index in [1.54, 1.807) is 0 Å². The Morgan fingerprint density at radius 2 is 1.09 bits per heavy atom. The van der Waals surface area contributed by atoms with Crippen molar-refractivity contribution in [2.45, 2.75) is 218 Å². The van der Waals surface area contributed by atoms with Gasteiger partial charge in [-0.3, -0.25) is 14.1 Å². The van der Waals surface area contributed by atoms with Crippen molar-refractivity contribution in [2.75, 3.05) is 19.0 Å². The Morgan fingerprint density at radius 3 is 1.62 bits per heavy atom. The molecular weight excluding hydrogens is 741 g/mol. The molecule has 1 saturated heterocycles. The van der Waals surface area contributed by atoms with Crippen LogP contribution in [-0.4, -0.2) is 96.0 Å². The fourth-order valence-electron chi connectivity index (χ4n) is 6.60. The van der Waals surface area contributed by atoms with Gasteiger partial charge in [-0.2, -0.15) is 8.42 Å². The van der Waals surface area contributed by atoms with Crippen LogP contribution < -0.4 is 0 Å². The Morgan fingerprint density at radius 1 is 0.607 bits per heavy atom. The molecule has 12 nitrogen and oxygen atoms in total. The summed E-state index contributed by atoms with van der Waals surface area (Å²) in [6.07, 6.45) is 26.7. The van der Waals surface area contributed by atoms with Gasteiger partial charge in [-0.05, 0) is 38.5 Å². The largest absolute Gasteiger partial charge is 0.462 e. The first kappa shape index (κ1) is 52.1. The number of carbonyl (C=O) groups excluding carboxylic acids is 2. The van der Waals surface area contributed by atoms with Gasteiger partial charge in [-0.15, -0.1) is 0 Å². The van der Waals surface area contributed by atoms with E-state index in [1.165, 1.54) is 103 Å². The van der Waals surface area contributed by atoms with Crippen LogP contribution in [0.5, 0.6) is 0 Å². The molecular formula is C43H78O12S. The first-order valence-electron chi connectivity index (χ1n) is 21.9. The van der Waals surface area contributed by atoms with E-state index in [4.69, 9.17) is 18.9 Å². The Kier molecular flexibility index (Phi) is 31.7. The number of aliphatic hydroxyl groups excluding tert-OH is 3. The molecule has 56 heavy (non-hydrogen) atoms. The zero-order valence-electron chi connectivity index (χ0n) is 34.7. The fraction of sp³-hybridized carbons (Fsp3) is 0.860. The zero-order chi connectivity index (χ0) is 41.3. The summed E-state index contributed by atoms with van der Waals surface area (Å²) in [5.41, 5.74) is 0. The monoisotopic (exact) mass is 819 g/mol. The number of hydrogen-bond donors (Lipinski definition) is 4. The molecule has 1 fully saturated rings. The fourth-order valence-corrected chi connectivity index (χ4v) is 7.29. The number of hydrogen-bond acceptors (Lipinski definition) is 11. The molecule has 13 heteroatoms. The molecule has 0 aromatic carbocycles. The normalized spacial score (nSPS) is 20.9. The number of ether oxygens (including phenoxy) is 4. The Labute approximate surface area is 338 Å². The number of allylic oxidation sites excluding steroid dienone is 4. The van der Waals surface area contributed by atoms with Crippen molar-refractivity contribution in [1.29, 1.82) is 0 Å². The second-order valence-corrected chi connectivity index (χ2v) is 16.9. The third kappa shape index (κ3) is 28.5. The van der Waals surface area contributed by atoms with E-state index in [-0.39, 0.29) is 19.4 Å². The van der Waals surface area contributed by atoms with E-state index in [0.29, 0.717) is 19.3 Å². The van der Waals surface area contributed by atoms with Crippen LogP contribution in [0, 0.1) is 0 Å². The molecule has 0 aliphatic carbocycles. The molecule has 0 aromatic heterocycles. The maximum Gasteiger partial charge on any atom is 0.306 e. The number of rotatable bonds is 36. The molecule has 328 valence electrons. The van der Waals surface area contributed by atoms with Gasteiger partial charge in [-0.1, -0.05) is 154 Å². The lowest BCUT2D eigenvalue weighted by molar-refractivity contribution is -0.297. The van der Waals surface area contributed by atoms with Crippen molar-refractivity contribution in [1.82, 2.24) is 0 Å². The second kappa shape index (κ2) is 34.0. The Hall–Kier alpha value is -1.87. The van der Waals surface area contributed by atoms with Crippen LogP contribution in [0.4, 0.5) is 0 Å². The minimum Gasteiger partial charge on any atom is -0.462 e. The minimum absolute atomic E-state index is 0.103. The summed E-state index contributed by atoms with van der Waals surface area (Å²) in [6, 6.07) is 0. The molecule has 6 atom stereocenters. The van der Waals surface area contributed by atoms with Gasteiger partial charge in [0.05, 0.1) is 6.61 Å². The van der Waals surface area contributed by atoms with Crippen LogP contribution in [0.3, 0.4) is 0 Å². The van der Waals surface area contributed by atoms with Crippen molar-refractivity contribution in [3.8, 4) is 0 Å². The Bertz CT molecular complexity index is 1140. The average Bonchev–Trinajstić information content (AvgIpc) is 3.16. The van der Waals surface area contributed by atoms with Gasteiger partial charge in [-0.25, -0.2) is 0 Å². The highest BCUT2D eigenvalue weighted by atomic mass is 32.2. The third-order valence-electron chi connectivity index (χ3n) is 10.0. The molecule has 0 spiro atoms. The van der Waals surface area contributed by atoms with E-state index >= 15 is 0 Å². The van der Waals surface area contributed by atoms with Gasteiger partial charge in [0.25, 0.3) is 10.1 Å². The zero-order valence-corrected chi connectivity index (χ0v) is 35.6. The SMILES string of the molecule is CCCCCCCCCCC/C=C/C/C=C/CCCC(=O)O[C@H](COC(=O)CCCCCCCCCCCCC)CO[C@H]1O[C@H](CS(=O)(=O)O)[C@@H](O)C(O)C1O. The topological polar surface area (TPSA) is 186 Å². The van der Waals surface area contributed by atoms with Gasteiger partial charge in [0.1, 0.15) is 36.8 Å².